The zero-order valence-electron chi connectivity index (χ0n) is 12.7. The number of likely N-dealkylation sites (tertiary alicyclic amines) is 1. The Labute approximate surface area is 137 Å². The minimum absolute atomic E-state index is 0.0485. The molecule has 2 aromatic rings. The van der Waals surface area contributed by atoms with Crippen molar-refractivity contribution in [3.63, 3.8) is 0 Å². The Morgan fingerprint density at radius 3 is 2.33 bits per heavy atom. The first kappa shape index (κ1) is 14.6. The van der Waals surface area contributed by atoms with Crippen molar-refractivity contribution in [2.75, 3.05) is 18.0 Å². The SMILES string of the molecule is O=C(NO)c1cnc(N2CC3[C@H]2CN3C(=O)c2ccccc2)nc1. The third-order valence-electron chi connectivity index (χ3n) is 4.55. The van der Waals surface area contributed by atoms with Crippen molar-refractivity contribution in [2.45, 2.75) is 12.1 Å². The number of rotatable bonds is 3. The maximum Gasteiger partial charge on any atom is 0.277 e. The molecule has 122 valence electrons. The fourth-order valence-corrected chi connectivity index (χ4v) is 3.12. The molecule has 0 aliphatic carbocycles. The molecule has 2 N–H and O–H groups in total. The minimum Gasteiger partial charge on any atom is -0.332 e. The zero-order chi connectivity index (χ0) is 16.7. The Morgan fingerprint density at radius 1 is 1.04 bits per heavy atom. The second-order valence-corrected chi connectivity index (χ2v) is 5.82. The molecule has 1 aromatic heterocycles. The van der Waals surface area contributed by atoms with E-state index in [-0.39, 0.29) is 23.6 Å². The van der Waals surface area contributed by atoms with Crippen molar-refractivity contribution >= 4 is 17.8 Å². The van der Waals surface area contributed by atoms with Gasteiger partial charge >= 0.3 is 0 Å². The first-order valence-corrected chi connectivity index (χ1v) is 7.58. The van der Waals surface area contributed by atoms with Gasteiger partial charge in [0.05, 0.1) is 17.6 Å². The van der Waals surface area contributed by atoms with Crippen molar-refractivity contribution in [3.8, 4) is 0 Å². The molecule has 0 radical (unpaired) electrons. The van der Waals surface area contributed by atoms with Gasteiger partial charge in [0, 0.05) is 31.0 Å². The first-order chi connectivity index (χ1) is 11.7. The first-order valence-electron chi connectivity index (χ1n) is 7.58. The molecule has 2 atom stereocenters. The summed E-state index contributed by atoms with van der Waals surface area (Å²) in [5.41, 5.74) is 2.43. The molecule has 8 heteroatoms. The van der Waals surface area contributed by atoms with Crippen LogP contribution in [0, 0.1) is 0 Å². The number of anilines is 1. The summed E-state index contributed by atoms with van der Waals surface area (Å²) in [5, 5.41) is 8.58. The van der Waals surface area contributed by atoms with Crippen LogP contribution in [-0.2, 0) is 0 Å². The van der Waals surface area contributed by atoms with E-state index in [1.807, 2.05) is 40.1 Å². The van der Waals surface area contributed by atoms with E-state index in [4.69, 9.17) is 5.21 Å². The highest BCUT2D eigenvalue weighted by Crippen LogP contribution is 2.36. The predicted molar refractivity (Wildman–Crippen MR) is 83.7 cm³/mol. The topological polar surface area (TPSA) is 98.7 Å². The summed E-state index contributed by atoms with van der Waals surface area (Å²) in [6.07, 6.45) is 2.74. The lowest BCUT2D eigenvalue weighted by Crippen LogP contribution is -2.80. The van der Waals surface area contributed by atoms with Crippen LogP contribution in [0.3, 0.4) is 0 Å². The Kier molecular flexibility index (Phi) is 3.39. The van der Waals surface area contributed by atoms with Crippen LogP contribution in [0.15, 0.2) is 42.7 Å². The van der Waals surface area contributed by atoms with E-state index in [1.54, 1.807) is 5.48 Å². The van der Waals surface area contributed by atoms with Gasteiger partial charge in [-0.25, -0.2) is 15.4 Å². The lowest BCUT2D eigenvalue weighted by atomic mass is 9.85. The Hall–Kier alpha value is -3.00. The average molecular weight is 325 g/mol. The number of hydrogen-bond acceptors (Lipinski definition) is 6. The Bertz CT molecular complexity index is 780. The van der Waals surface area contributed by atoms with E-state index in [9.17, 15) is 9.59 Å². The van der Waals surface area contributed by atoms with Gasteiger partial charge in [-0.2, -0.15) is 0 Å². The van der Waals surface area contributed by atoms with Crippen LogP contribution in [-0.4, -0.2) is 57.1 Å². The quantitative estimate of drug-likeness (QED) is 0.622. The van der Waals surface area contributed by atoms with Gasteiger partial charge in [0.1, 0.15) is 0 Å². The minimum atomic E-state index is -0.647. The number of fused-ring (bicyclic) bond motifs is 1. The number of benzene rings is 1. The summed E-state index contributed by atoms with van der Waals surface area (Å²) in [4.78, 5) is 35.9. The van der Waals surface area contributed by atoms with Crippen molar-refractivity contribution in [1.82, 2.24) is 20.3 Å². The summed E-state index contributed by atoms with van der Waals surface area (Å²) in [6.45, 7) is 1.31. The Balaban J connectivity index is 1.40. The number of piperazine rings is 1. The highest BCUT2D eigenvalue weighted by molar-refractivity contribution is 5.95. The number of nitrogens with one attached hydrogen (secondary N) is 1. The van der Waals surface area contributed by atoms with Crippen LogP contribution in [0.2, 0.25) is 0 Å². The van der Waals surface area contributed by atoms with Gasteiger partial charge in [0.15, 0.2) is 0 Å². The largest absolute Gasteiger partial charge is 0.332 e. The van der Waals surface area contributed by atoms with Gasteiger partial charge in [-0.3, -0.25) is 14.8 Å². The van der Waals surface area contributed by atoms with Crippen molar-refractivity contribution in [1.29, 1.82) is 0 Å². The molecule has 0 bridgehead atoms. The highest BCUT2D eigenvalue weighted by atomic mass is 16.5. The highest BCUT2D eigenvalue weighted by Gasteiger charge is 2.54. The van der Waals surface area contributed by atoms with E-state index < -0.39 is 5.91 Å². The molecule has 3 heterocycles. The number of carbonyl (C=O) groups is 2. The molecular weight excluding hydrogens is 310 g/mol. The number of aromatic nitrogens is 2. The molecule has 0 saturated carbocycles. The van der Waals surface area contributed by atoms with Gasteiger partial charge in [-0.1, -0.05) is 18.2 Å². The molecule has 2 saturated heterocycles. The van der Waals surface area contributed by atoms with Gasteiger partial charge in [-0.15, -0.1) is 0 Å². The summed E-state index contributed by atoms with van der Waals surface area (Å²) in [7, 11) is 0. The molecule has 4 rings (SSSR count). The number of hydroxylamine groups is 1. The van der Waals surface area contributed by atoms with Crippen molar-refractivity contribution < 1.29 is 14.8 Å². The summed E-state index contributed by atoms with van der Waals surface area (Å²) >= 11 is 0. The number of hydrogen-bond donors (Lipinski definition) is 2. The molecule has 2 aliphatic heterocycles. The molecular formula is C16H15N5O3. The normalized spacial score (nSPS) is 21.4. The molecule has 0 spiro atoms. The second-order valence-electron chi connectivity index (χ2n) is 5.82. The third kappa shape index (κ3) is 2.19. The zero-order valence-corrected chi connectivity index (χ0v) is 12.7. The van der Waals surface area contributed by atoms with E-state index in [0.717, 1.165) is 0 Å². The summed E-state index contributed by atoms with van der Waals surface area (Å²) < 4.78 is 0. The van der Waals surface area contributed by atoms with Gasteiger partial charge in [0.25, 0.3) is 11.8 Å². The van der Waals surface area contributed by atoms with Gasteiger partial charge in [-0.05, 0) is 12.1 Å². The molecule has 2 fully saturated rings. The number of amides is 2. The maximum atomic E-state index is 12.4. The van der Waals surface area contributed by atoms with E-state index in [0.29, 0.717) is 24.6 Å². The monoisotopic (exact) mass is 325 g/mol. The average Bonchev–Trinajstić information content (AvgIpc) is 2.63. The van der Waals surface area contributed by atoms with Crippen LogP contribution in [0.25, 0.3) is 0 Å². The number of nitrogens with zero attached hydrogens (tertiary/aromatic N) is 4. The fourth-order valence-electron chi connectivity index (χ4n) is 3.12. The van der Waals surface area contributed by atoms with Crippen molar-refractivity contribution in [2.24, 2.45) is 0 Å². The number of carbonyl (C=O) groups excluding carboxylic acids is 2. The van der Waals surface area contributed by atoms with Gasteiger partial charge in [0.2, 0.25) is 5.95 Å². The molecule has 8 nitrogen and oxygen atoms in total. The maximum absolute atomic E-state index is 12.4. The standard InChI is InChI=1S/C16H15N5O3/c22-14(19-24)11-6-17-16(18-7-11)21-9-12-13(21)8-20(12)15(23)10-4-2-1-3-5-10/h1-7,12-13,24H,8-9H2,(H,19,22)/t12?,13-/m1/s1. The third-order valence-corrected chi connectivity index (χ3v) is 4.55. The molecule has 24 heavy (non-hydrogen) atoms. The van der Waals surface area contributed by atoms with Crippen LogP contribution in [0.5, 0.6) is 0 Å². The smallest absolute Gasteiger partial charge is 0.277 e. The second kappa shape index (κ2) is 5.57. The Morgan fingerprint density at radius 2 is 1.75 bits per heavy atom. The summed E-state index contributed by atoms with van der Waals surface area (Å²) in [6, 6.07) is 9.64. The van der Waals surface area contributed by atoms with Crippen LogP contribution in [0.1, 0.15) is 20.7 Å². The molecule has 1 unspecified atom stereocenters. The summed E-state index contributed by atoms with van der Waals surface area (Å²) in [5.74, 6) is -0.0729. The molecule has 1 aromatic carbocycles. The van der Waals surface area contributed by atoms with E-state index in [2.05, 4.69) is 9.97 Å². The fraction of sp³-hybridized carbons (Fsp3) is 0.250. The van der Waals surface area contributed by atoms with Crippen LogP contribution in [0.4, 0.5) is 5.95 Å². The van der Waals surface area contributed by atoms with E-state index in [1.165, 1.54) is 12.4 Å². The van der Waals surface area contributed by atoms with Crippen molar-refractivity contribution in [3.05, 3.63) is 53.9 Å². The predicted octanol–water partition coefficient (Wildman–Crippen LogP) is 0.309. The molecule has 2 amide bonds. The lowest BCUT2D eigenvalue weighted by Gasteiger charge is -2.61. The van der Waals surface area contributed by atoms with Crippen LogP contribution >= 0.6 is 0 Å². The van der Waals surface area contributed by atoms with Crippen LogP contribution < -0.4 is 10.4 Å². The van der Waals surface area contributed by atoms with Gasteiger partial charge < -0.3 is 9.80 Å². The lowest BCUT2D eigenvalue weighted by molar-refractivity contribution is 0.0120. The van der Waals surface area contributed by atoms with E-state index >= 15 is 0 Å². The molecule has 2 aliphatic rings.